The van der Waals surface area contributed by atoms with Gasteiger partial charge in [-0.3, -0.25) is 4.79 Å². The van der Waals surface area contributed by atoms with Crippen molar-refractivity contribution in [1.29, 1.82) is 0 Å². The number of amides is 1. The Morgan fingerprint density at radius 3 is 2.57 bits per heavy atom. The Balaban J connectivity index is 2.45. The average Bonchev–Trinajstić information content (AvgIpc) is 2.48. The van der Waals surface area contributed by atoms with Gasteiger partial charge in [-0.05, 0) is 18.2 Å². The minimum Gasteiger partial charge on any atom is -0.483 e. The molecule has 0 fully saturated rings. The highest BCUT2D eigenvalue weighted by atomic mass is 35.5. The second kappa shape index (κ2) is 6.76. The largest absolute Gasteiger partial charge is 0.483 e. The summed E-state index contributed by atoms with van der Waals surface area (Å²) in [6, 6.07) is 13.8. The van der Waals surface area contributed by atoms with E-state index in [9.17, 15) is 10.0 Å². The summed E-state index contributed by atoms with van der Waals surface area (Å²) in [5.41, 5.74) is 6.52. The molecule has 0 aliphatic carbocycles. The van der Waals surface area contributed by atoms with Crippen LogP contribution in [0.1, 0.15) is 11.1 Å². The van der Waals surface area contributed by atoms with Crippen molar-refractivity contribution in [2.45, 2.75) is 0 Å². The molecule has 1 amide bonds. The van der Waals surface area contributed by atoms with Crippen LogP contribution in [0, 0.1) is 0 Å². The van der Waals surface area contributed by atoms with E-state index in [1.54, 1.807) is 30.3 Å². The van der Waals surface area contributed by atoms with Gasteiger partial charge in [0.1, 0.15) is 11.5 Å². The molecule has 0 atom stereocenters. The predicted molar refractivity (Wildman–Crippen MR) is 80.0 cm³/mol. The van der Waals surface area contributed by atoms with Crippen LogP contribution >= 0.6 is 11.6 Å². The number of rotatable bonds is 5. The number of ether oxygens (including phenoxy) is 1. The molecule has 2 rings (SSSR count). The first-order chi connectivity index (χ1) is 10.1. The molecule has 0 saturated heterocycles. The smallest absolute Gasteiger partial charge is 0.255 e. The SMILES string of the molecule is NC(=O)COc1ccc(Cl)cc1C(=NO)c1ccccc1. The monoisotopic (exact) mass is 304 g/mol. The van der Waals surface area contributed by atoms with Crippen LogP contribution in [-0.2, 0) is 4.79 Å². The van der Waals surface area contributed by atoms with Gasteiger partial charge in [0.15, 0.2) is 6.61 Å². The molecule has 5 nitrogen and oxygen atoms in total. The molecule has 0 spiro atoms. The Morgan fingerprint density at radius 2 is 1.95 bits per heavy atom. The van der Waals surface area contributed by atoms with Crippen LogP contribution in [0.15, 0.2) is 53.7 Å². The van der Waals surface area contributed by atoms with Gasteiger partial charge in [-0.1, -0.05) is 47.1 Å². The van der Waals surface area contributed by atoms with Crippen molar-refractivity contribution < 1.29 is 14.7 Å². The zero-order valence-electron chi connectivity index (χ0n) is 11.0. The molecule has 21 heavy (non-hydrogen) atoms. The highest BCUT2D eigenvalue weighted by Gasteiger charge is 2.15. The Labute approximate surface area is 126 Å². The molecular weight excluding hydrogens is 292 g/mol. The number of nitrogens with two attached hydrogens (primary N) is 1. The lowest BCUT2D eigenvalue weighted by Gasteiger charge is -2.12. The van der Waals surface area contributed by atoms with E-state index < -0.39 is 5.91 Å². The first-order valence-electron chi connectivity index (χ1n) is 6.10. The van der Waals surface area contributed by atoms with E-state index in [1.807, 2.05) is 18.2 Å². The highest BCUT2D eigenvalue weighted by Crippen LogP contribution is 2.26. The lowest BCUT2D eigenvalue weighted by atomic mass is 10.0. The summed E-state index contributed by atoms with van der Waals surface area (Å²) >= 11 is 5.98. The molecule has 0 unspecified atom stereocenters. The number of primary amides is 1. The van der Waals surface area contributed by atoms with Crippen molar-refractivity contribution in [1.82, 2.24) is 0 Å². The molecule has 108 valence electrons. The van der Waals surface area contributed by atoms with Crippen molar-refractivity contribution in [3.05, 3.63) is 64.7 Å². The second-order valence-corrected chi connectivity index (χ2v) is 4.65. The van der Waals surface area contributed by atoms with Crippen LogP contribution in [0.3, 0.4) is 0 Å². The van der Waals surface area contributed by atoms with Crippen molar-refractivity contribution in [3.63, 3.8) is 0 Å². The van der Waals surface area contributed by atoms with Crippen LogP contribution < -0.4 is 10.5 Å². The second-order valence-electron chi connectivity index (χ2n) is 4.21. The van der Waals surface area contributed by atoms with Crippen LogP contribution in [0.5, 0.6) is 5.75 Å². The normalized spacial score (nSPS) is 11.2. The summed E-state index contributed by atoms with van der Waals surface area (Å²) in [6.45, 7) is -0.276. The Bertz CT molecular complexity index is 672. The maximum Gasteiger partial charge on any atom is 0.255 e. The molecule has 2 aromatic rings. The van der Waals surface area contributed by atoms with Crippen molar-refractivity contribution in [2.75, 3.05) is 6.61 Å². The van der Waals surface area contributed by atoms with Gasteiger partial charge in [0.25, 0.3) is 5.91 Å². The van der Waals surface area contributed by atoms with E-state index in [1.165, 1.54) is 0 Å². The number of carbonyl (C=O) groups is 1. The Hall–Kier alpha value is -2.53. The average molecular weight is 305 g/mol. The summed E-state index contributed by atoms with van der Waals surface area (Å²) in [6.07, 6.45) is 0. The summed E-state index contributed by atoms with van der Waals surface area (Å²) in [7, 11) is 0. The molecule has 0 aliphatic heterocycles. The molecular formula is C15H13ClN2O3. The molecule has 0 radical (unpaired) electrons. The van der Waals surface area contributed by atoms with Gasteiger partial charge >= 0.3 is 0 Å². The number of hydrogen-bond acceptors (Lipinski definition) is 4. The van der Waals surface area contributed by atoms with Crippen LogP contribution in [0.4, 0.5) is 0 Å². The number of carbonyl (C=O) groups excluding carboxylic acids is 1. The number of benzene rings is 2. The Morgan fingerprint density at radius 1 is 1.24 bits per heavy atom. The minimum absolute atomic E-state index is 0.276. The van der Waals surface area contributed by atoms with Crippen molar-refractivity contribution in [3.8, 4) is 5.75 Å². The summed E-state index contributed by atoms with van der Waals surface area (Å²) in [5, 5.41) is 13.1. The van der Waals surface area contributed by atoms with Crippen LogP contribution in [0.2, 0.25) is 5.02 Å². The quantitative estimate of drug-likeness (QED) is 0.505. The van der Waals surface area contributed by atoms with E-state index in [4.69, 9.17) is 22.1 Å². The molecule has 0 bridgehead atoms. The molecule has 6 heteroatoms. The van der Waals surface area contributed by atoms with Gasteiger partial charge in [-0.2, -0.15) is 0 Å². The third-order valence-electron chi connectivity index (χ3n) is 2.71. The summed E-state index contributed by atoms with van der Waals surface area (Å²) in [4.78, 5) is 10.9. The lowest BCUT2D eigenvalue weighted by molar-refractivity contribution is -0.119. The third-order valence-corrected chi connectivity index (χ3v) is 2.95. The number of nitrogens with zero attached hydrogens (tertiary/aromatic N) is 1. The van der Waals surface area contributed by atoms with Crippen molar-refractivity contribution in [2.24, 2.45) is 10.9 Å². The zero-order valence-corrected chi connectivity index (χ0v) is 11.7. The van der Waals surface area contributed by atoms with E-state index in [0.717, 1.165) is 0 Å². The fraction of sp³-hybridized carbons (Fsp3) is 0.0667. The van der Waals surface area contributed by atoms with Crippen molar-refractivity contribution >= 4 is 23.2 Å². The van der Waals surface area contributed by atoms with E-state index >= 15 is 0 Å². The van der Waals surface area contributed by atoms with E-state index in [-0.39, 0.29) is 12.3 Å². The van der Waals surface area contributed by atoms with Crippen LogP contribution in [-0.4, -0.2) is 23.4 Å². The third kappa shape index (κ3) is 3.73. The lowest BCUT2D eigenvalue weighted by Crippen LogP contribution is -2.21. The standard InChI is InChI=1S/C15H13ClN2O3/c16-11-6-7-13(21-9-14(17)19)12(8-11)15(18-20)10-4-2-1-3-5-10/h1-8,20H,9H2,(H2,17,19). The summed E-state index contributed by atoms with van der Waals surface area (Å²) in [5.74, 6) is -0.243. The molecule has 0 aliphatic rings. The highest BCUT2D eigenvalue weighted by molar-refractivity contribution is 6.31. The minimum atomic E-state index is -0.599. The fourth-order valence-corrected chi connectivity index (χ4v) is 2.00. The summed E-state index contributed by atoms with van der Waals surface area (Å²) < 4.78 is 5.33. The van der Waals surface area contributed by atoms with Crippen LogP contribution in [0.25, 0.3) is 0 Å². The predicted octanol–water partition coefficient (Wildman–Crippen LogP) is 2.43. The maximum absolute atomic E-state index is 10.9. The topological polar surface area (TPSA) is 84.9 Å². The van der Waals surface area contributed by atoms with E-state index in [2.05, 4.69) is 5.16 Å². The number of hydrogen-bond donors (Lipinski definition) is 2. The molecule has 0 aromatic heterocycles. The first kappa shape index (κ1) is 14.9. The van der Waals surface area contributed by atoms with Gasteiger partial charge in [0.2, 0.25) is 0 Å². The number of oxime groups is 1. The van der Waals surface area contributed by atoms with E-state index in [0.29, 0.717) is 21.9 Å². The van der Waals surface area contributed by atoms with Gasteiger partial charge < -0.3 is 15.7 Å². The number of halogens is 1. The van der Waals surface area contributed by atoms with Gasteiger partial charge in [-0.15, -0.1) is 0 Å². The maximum atomic E-state index is 10.9. The zero-order chi connectivity index (χ0) is 15.2. The molecule has 0 heterocycles. The Kier molecular flexibility index (Phi) is 4.79. The molecule has 3 N–H and O–H groups in total. The fourth-order valence-electron chi connectivity index (χ4n) is 1.83. The van der Waals surface area contributed by atoms with Gasteiger partial charge in [-0.25, -0.2) is 0 Å². The van der Waals surface area contributed by atoms with Gasteiger partial charge in [0, 0.05) is 16.1 Å². The van der Waals surface area contributed by atoms with Gasteiger partial charge in [0.05, 0.1) is 0 Å². The molecule has 2 aromatic carbocycles. The first-order valence-corrected chi connectivity index (χ1v) is 6.48. The molecule has 0 saturated carbocycles.